The minimum absolute atomic E-state index is 0.461. The van der Waals surface area contributed by atoms with Crippen LogP contribution < -0.4 is 0 Å². The molecule has 0 aliphatic carbocycles. The third-order valence-corrected chi connectivity index (χ3v) is 4.17. The summed E-state index contributed by atoms with van der Waals surface area (Å²) < 4.78 is 6.13. The molecule has 2 nitrogen and oxygen atoms in total. The molecular weight excluding hydrogens is 186 g/mol. The van der Waals surface area contributed by atoms with Gasteiger partial charge in [0.25, 0.3) is 0 Å². The number of ether oxygens (including phenoxy) is 1. The van der Waals surface area contributed by atoms with Crippen LogP contribution in [0.15, 0.2) is 0 Å². The van der Waals surface area contributed by atoms with Gasteiger partial charge in [0.05, 0.1) is 12.2 Å². The molecule has 2 rings (SSSR count). The highest BCUT2D eigenvalue weighted by atomic mass is 16.5. The lowest BCUT2D eigenvalue weighted by Gasteiger charge is -2.37. The van der Waals surface area contributed by atoms with Gasteiger partial charge in [0, 0.05) is 12.1 Å². The van der Waals surface area contributed by atoms with E-state index in [1.54, 1.807) is 0 Å². The van der Waals surface area contributed by atoms with E-state index in [2.05, 4.69) is 25.8 Å². The highest BCUT2D eigenvalue weighted by Crippen LogP contribution is 2.35. The van der Waals surface area contributed by atoms with E-state index >= 15 is 0 Å². The molecule has 0 aromatic rings. The normalized spacial score (nSPS) is 38.2. The molecule has 0 spiro atoms. The van der Waals surface area contributed by atoms with Crippen LogP contribution in [0.2, 0.25) is 0 Å². The molecule has 3 atom stereocenters. The van der Waals surface area contributed by atoms with Crippen LogP contribution in [0.25, 0.3) is 0 Å². The Morgan fingerprint density at radius 1 is 1.27 bits per heavy atom. The summed E-state index contributed by atoms with van der Waals surface area (Å²) in [5, 5.41) is 0. The molecule has 2 saturated heterocycles. The van der Waals surface area contributed by atoms with Crippen molar-refractivity contribution < 1.29 is 4.74 Å². The van der Waals surface area contributed by atoms with Crippen molar-refractivity contribution in [3.05, 3.63) is 0 Å². The molecule has 2 heterocycles. The average molecular weight is 211 g/mol. The monoisotopic (exact) mass is 211 g/mol. The predicted molar refractivity (Wildman–Crippen MR) is 63.1 cm³/mol. The van der Waals surface area contributed by atoms with Gasteiger partial charge in [-0.1, -0.05) is 13.3 Å². The van der Waals surface area contributed by atoms with Crippen LogP contribution in [0.4, 0.5) is 0 Å². The quantitative estimate of drug-likeness (QED) is 0.709. The Hall–Kier alpha value is -0.0800. The second kappa shape index (κ2) is 4.84. The van der Waals surface area contributed by atoms with Crippen molar-refractivity contribution in [2.45, 2.75) is 76.7 Å². The van der Waals surface area contributed by atoms with Crippen molar-refractivity contribution >= 4 is 0 Å². The summed E-state index contributed by atoms with van der Waals surface area (Å²) in [6.07, 6.45) is 8.76. The third-order valence-electron chi connectivity index (χ3n) is 4.17. The second-order valence-corrected chi connectivity index (χ2v) is 5.38. The lowest BCUT2D eigenvalue weighted by atomic mass is 10.0. The van der Waals surface area contributed by atoms with Gasteiger partial charge >= 0.3 is 0 Å². The number of hydrogen-bond acceptors (Lipinski definition) is 2. The van der Waals surface area contributed by atoms with Crippen LogP contribution in [0, 0.1) is 0 Å². The van der Waals surface area contributed by atoms with Crippen molar-refractivity contribution in [2.24, 2.45) is 0 Å². The van der Waals surface area contributed by atoms with Crippen molar-refractivity contribution in [1.29, 1.82) is 0 Å². The molecular formula is C13H25NO. The lowest BCUT2D eigenvalue weighted by molar-refractivity contribution is -0.0518. The summed E-state index contributed by atoms with van der Waals surface area (Å²) in [4.78, 5) is 2.57. The van der Waals surface area contributed by atoms with E-state index in [1.807, 2.05) is 0 Å². The summed E-state index contributed by atoms with van der Waals surface area (Å²) in [7, 11) is 2.29. The maximum atomic E-state index is 6.13. The molecule has 2 fully saturated rings. The number of nitrogens with zero attached hydrogens (tertiary/aromatic N) is 1. The summed E-state index contributed by atoms with van der Waals surface area (Å²) in [5.41, 5.74) is 0. The zero-order valence-electron chi connectivity index (χ0n) is 10.4. The average Bonchev–Trinajstić information content (AvgIpc) is 2.43. The van der Waals surface area contributed by atoms with Crippen LogP contribution in [0.3, 0.4) is 0 Å². The molecule has 15 heavy (non-hydrogen) atoms. The Balaban J connectivity index is 1.81. The maximum Gasteiger partial charge on any atom is 0.0608 e. The van der Waals surface area contributed by atoms with Crippen LogP contribution in [0.1, 0.15) is 52.4 Å². The third kappa shape index (κ3) is 2.54. The fourth-order valence-corrected chi connectivity index (χ4v) is 3.28. The van der Waals surface area contributed by atoms with Crippen LogP contribution in [-0.4, -0.2) is 36.2 Å². The first kappa shape index (κ1) is 11.4. The maximum absolute atomic E-state index is 6.13. The van der Waals surface area contributed by atoms with E-state index in [9.17, 15) is 0 Å². The standard InChI is InChI=1S/C13H25NO/c1-4-5-10(2)15-13-8-11-6-7-12(9-13)14(11)3/h10-13H,4-9H2,1-3H3. The van der Waals surface area contributed by atoms with Crippen LogP contribution in [-0.2, 0) is 4.74 Å². The Bertz CT molecular complexity index is 193. The first-order valence-corrected chi connectivity index (χ1v) is 6.58. The summed E-state index contributed by atoms with van der Waals surface area (Å²) >= 11 is 0. The first-order chi connectivity index (χ1) is 7.20. The molecule has 0 saturated carbocycles. The molecule has 2 heteroatoms. The van der Waals surface area contributed by atoms with Gasteiger partial charge < -0.3 is 9.64 Å². The fraction of sp³-hybridized carbons (Fsp3) is 1.00. The molecule has 2 bridgehead atoms. The molecule has 88 valence electrons. The Kier molecular flexibility index (Phi) is 3.68. The number of hydrogen-bond donors (Lipinski definition) is 0. The molecule has 2 aliphatic heterocycles. The van der Waals surface area contributed by atoms with Gasteiger partial charge in [-0.15, -0.1) is 0 Å². The minimum Gasteiger partial charge on any atom is -0.375 e. The summed E-state index contributed by atoms with van der Waals surface area (Å²) in [6.45, 7) is 4.46. The van der Waals surface area contributed by atoms with Crippen LogP contribution >= 0.6 is 0 Å². The van der Waals surface area contributed by atoms with Gasteiger partial charge in [-0.05, 0) is 46.1 Å². The van der Waals surface area contributed by atoms with E-state index in [0.717, 1.165) is 12.1 Å². The van der Waals surface area contributed by atoms with E-state index in [1.165, 1.54) is 38.5 Å². The van der Waals surface area contributed by atoms with Gasteiger partial charge in [0.15, 0.2) is 0 Å². The van der Waals surface area contributed by atoms with Crippen molar-refractivity contribution in [1.82, 2.24) is 4.90 Å². The van der Waals surface area contributed by atoms with Gasteiger partial charge in [-0.25, -0.2) is 0 Å². The Morgan fingerprint density at radius 2 is 1.87 bits per heavy atom. The Labute approximate surface area is 94.0 Å². The summed E-state index contributed by atoms with van der Waals surface area (Å²) in [6, 6.07) is 1.62. The predicted octanol–water partition coefficient (Wildman–Crippen LogP) is 2.82. The molecule has 0 N–H and O–H groups in total. The van der Waals surface area contributed by atoms with E-state index in [4.69, 9.17) is 4.74 Å². The molecule has 0 aromatic heterocycles. The molecule has 0 amide bonds. The zero-order valence-corrected chi connectivity index (χ0v) is 10.4. The van der Waals surface area contributed by atoms with Gasteiger partial charge in [0.1, 0.15) is 0 Å². The van der Waals surface area contributed by atoms with Gasteiger partial charge in [-0.2, -0.15) is 0 Å². The van der Waals surface area contributed by atoms with Gasteiger partial charge in [-0.3, -0.25) is 0 Å². The number of piperidine rings is 1. The fourth-order valence-electron chi connectivity index (χ4n) is 3.28. The highest BCUT2D eigenvalue weighted by Gasteiger charge is 2.39. The Morgan fingerprint density at radius 3 is 2.40 bits per heavy atom. The van der Waals surface area contributed by atoms with E-state index < -0.39 is 0 Å². The number of rotatable bonds is 4. The molecule has 0 radical (unpaired) electrons. The van der Waals surface area contributed by atoms with E-state index in [0.29, 0.717) is 12.2 Å². The van der Waals surface area contributed by atoms with Gasteiger partial charge in [0.2, 0.25) is 0 Å². The smallest absolute Gasteiger partial charge is 0.0608 e. The second-order valence-electron chi connectivity index (χ2n) is 5.38. The highest BCUT2D eigenvalue weighted by molar-refractivity contribution is 4.94. The molecule has 3 unspecified atom stereocenters. The minimum atomic E-state index is 0.461. The number of fused-ring (bicyclic) bond motifs is 2. The summed E-state index contributed by atoms with van der Waals surface area (Å²) in [5.74, 6) is 0. The zero-order chi connectivity index (χ0) is 10.8. The lowest BCUT2D eigenvalue weighted by Crippen LogP contribution is -2.43. The van der Waals surface area contributed by atoms with Crippen molar-refractivity contribution in [3.8, 4) is 0 Å². The largest absolute Gasteiger partial charge is 0.375 e. The van der Waals surface area contributed by atoms with Crippen molar-refractivity contribution in [2.75, 3.05) is 7.05 Å². The van der Waals surface area contributed by atoms with Crippen molar-refractivity contribution in [3.63, 3.8) is 0 Å². The molecule has 2 aliphatic rings. The van der Waals surface area contributed by atoms with E-state index in [-0.39, 0.29) is 0 Å². The van der Waals surface area contributed by atoms with Crippen LogP contribution in [0.5, 0.6) is 0 Å². The topological polar surface area (TPSA) is 12.5 Å². The molecule has 0 aromatic carbocycles. The first-order valence-electron chi connectivity index (χ1n) is 6.58. The SMILES string of the molecule is CCCC(C)OC1CC2CCC(C1)N2C.